The second kappa shape index (κ2) is 3.80. The van der Waals surface area contributed by atoms with E-state index in [1.807, 2.05) is 33.8 Å². The first kappa shape index (κ1) is 12.5. The molecule has 0 fully saturated rings. The molecule has 3 heteroatoms. The van der Waals surface area contributed by atoms with Gasteiger partial charge in [-0.2, -0.15) is 5.06 Å². The molecule has 0 aromatic carbocycles. The molecule has 3 nitrogen and oxygen atoms in total. The Kier molecular flexibility index (Phi) is 3.17. The van der Waals surface area contributed by atoms with E-state index in [2.05, 4.69) is 13.8 Å². The predicted molar refractivity (Wildman–Crippen MR) is 60.7 cm³/mol. The summed E-state index contributed by atoms with van der Waals surface area (Å²) in [4.78, 5) is 0. The second-order valence-corrected chi connectivity index (χ2v) is 5.74. The van der Waals surface area contributed by atoms with E-state index in [1.165, 1.54) is 5.06 Å². The zero-order valence-corrected chi connectivity index (χ0v) is 10.7. The second-order valence-electron chi connectivity index (χ2n) is 5.74. The lowest BCUT2D eigenvalue weighted by atomic mass is 10.1. The normalized spacial score (nSPS) is 24.4. The van der Waals surface area contributed by atoms with Crippen LogP contribution in [0, 0.1) is 5.92 Å². The summed E-state index contributed by atoms with van der Waals surface area (Å²) < 4.78 is 5.75. The van der Waals surface area contributed by atoms with E-state index in [4.69, 9.17) is 4.74 Å². The van der Waals surface area contributed by atoms with Crippen molar-refractivity contribution in [1.29, 1.82) is 0 Å². The maximum Gasteiger partial charge on any atom is 0.116 e. The van der Waals surface area contributed by atoms with Crippen molar-refractivity contribution in [2.24, 2.45) is 5.92 Å². The quantitative estimate of drug-likeness (QED) is 0.782. The summed E-state index contributed by atoms with van der Waals surface area (Å²) in [5.41, 5.74) is -0.784. The van der Waals surface area contributed by atoms with Crippen molar-refractivity contribution >= 4 is 0 Å². The molecule has 15 heavy (non-hydrogen) atoms. The fraction of sp³-hybridized carbons (Fsp3) is 0.833. The third-order valence-electron chi connectivity index (χ3n) is 2.73. The van der Waals surface area contributed by atoms with E-state index in [-0.39, 0.29) is 5.54 Å². The molecule has 0 amide bonds. The number of ether oxygens (including phenoxy) is 1. The molecule has 0 radical (unpaired) electrons. The summed E-state index contributed by atoms with van der Waals surface area (Å²) in [5, 5.41) is 11.4. The Morgan fingerprint density at radius 2 is 1.87 bits per heavy atom. The minimum Gasteiger partial charge on any atom is -0.496 e. The van der Waals surface area contributed by atoms with Crippen molar-refractivity contribution in [3.8, 4) is 0 Å². The average molecular weight is 213 g/mol. The summed E-state index contributed by atoms with van der Waals surface area (Å²) in [5.74, 6) is 1.36. The Labute approximate surface area is 92.7 Å². The van der Waals surface area contributed by atoms with Gasteiger partial charge in [-0.05, 0) is 39.7 Å². The van der Waals surface area contributed by atoms with Gasteiger partial charge in [0.1, 0.15) is 5.76 Å². The van der Waals surface area contributed by atoms with E-state index in [1.54, 1.807) is 0 Å². The zero-order chi connectivity index (χ0) is 11.9. The summed E-state index contributed by atoms with van der Waals surface area (Å²) in [6.07, 6.45) is 2.00. The molecule has 1 aliphatic heterocycles. The molecule has 0 unspecified atom stereocenters. The van der Waals surface area contributed by atoms with E-state index in [0.29, 0.717) is 12.5 Å². The van der Waals surface area contributed by atoms with Crippen LogP contribution in [0.5, 0.6) is 0 Å². The summed E-state index contributed by atoms with van der Waals surface area (Å²) in [6.45, 7) is 12.8. The standard InChI is InChI=1S/C12H23NO2/c1-9(2)8-15-10-7-11(3,4)13(14)12(10,5)6/h7,9,14H,8H2,1-6H3. The summed E-state index contributed by atoms with van der Waals surface area (Å²) in [6, 6.07) is 0. The number of hydroxylamine groups is 2. The van der Waals surface area contributed by atoms with Gasteiger partial charge in [-0.15, -0.1) is 0 Å². The van der Waals surface area contributed by atoms with Crippen molar-refractivity contribution < 1.29 is 9.94 Å². The monoisotopic (exact) mass is 213 g/mol. The van der Waals surface area contributed by atoms with Gasteiger partial charge in [-0.1, -0.05) is 13.8 Å². The van der Waals surface area contributed by atoms with E-state index in [9.17, 15) is 5.21 Å². The first-order valence-corrected chi connectivity index (χ1v) is 5.53. The first-order chi connectivity index (χ1) is 6.68. The van der Waals surface area contributed by atoms with E-state index in [0.717, 1.165) is 5.76 Å². The van der Waals surface area contributed by atoms with Gasteiger partial charge in [0.05, 0.1) is 17.7 Å². The van der Waals surface area contributed by atoms with Crippen molar-refractivity contribution in [3.63, 3.8) is 0 Å². The lowest BCUT2D eigenvalue weighted by Gasteiger charge is -2.35. The SMILES string of the molecule is CC(C)COC1=CC(C)(C)N(O)C1(C)C. The molecule has 1 aliphatic rings. The molecule has 1 heterocycles. The van der Waals surface area contributed by atoms with Crippen molar-refractivity contribution in [2.75, 3.05) is 6.61 Å². The Hall–Kier alpha value is -0.540. The van der Waals surface area contributed by atoms with Gasteiger partial charge in [-0.25, -0.2) is 0 Å². The van der Waals surface area contributed by atoms with Crippen LogP contribution in [-0.4, -0.2) is 28.0 Å². The average Bonchev–Trinajstić information content (AvgIpc) is 2.23. The largest absolute Gasteiger partial charge is 0.496 e. The molecular formula is C12H23NO2. The maximum atomic E-state index is 10.0. The third-order valence-corrected chi connectivity index (χ3v) is 2.73. The topological polar surface area (TPSA) is 32.7 Å². The molecule has 0 spiro atoms. The van der Waals surface area contributed by atoms with Crippen LogP contribution in [0.4, 0.5) is 0 Å². The van der Waals surface area contributed by atoms with Gasteiger partial charge in [0, 0.05) is 0 Å². The van der Waals surface area contributed by atoms with Crippen LogP contribution in [0.2, 0.25) is 0 Å². The van der Waals surface area contributed by atoms with Crippen LogP contribution >= 0.6 is 0 Å². The molecule has 0 aromatic rings. The predicted octanol–water partition coefficient (Wildman–Crippen LogP) is 2.80. The van der Waals surface area contributed by atoms with E-state index < -0.39 is 5.54 Å². The lowest BCUT2D eigenvalue weighted by Crippen LogP contribution is -2.48. The zero-order valence-electron chi connectivity index (χ0n) is 10.7. The fourth-order valence-electron chi connectivity index (χ4n) is 1.86. The smallest absolute Gasteiger partial charge is 0.116 e. The van der Waals surface area contributed by atoms with Crippen molar-refractivity contribution in [3.05, 3.63) is 11.8 Å². The number of hydrogen-bond donors (Lipinski definition) is 1. The Balaban J connectivity index is 2.79. The first-order valence-electron chi connectivity index (χ1n) is 5.53. The molecule has 0 saturated carbocycles. The van der Waals surface area contributed by atoms with Crippen LogP contribution in [-0.2, 0) is 4.74 Å². The number of rotatable bonds is 3. The molecule has 1 N–H and O–H groups in total. The summed E-state index contributed by atoms with van der Waals surface area (Å²) in [7, 11) is 0. The molecule has 1 rings (SSSR count). The van der Waals surface area contributed by atoms with Crippen LogP contribution in [0.1, 0.15) is 41.5 Å². The molecule has 0 aliphatic carbocycles. The van der Waals surface area contributed by atoms with Crippen LogP contribution < -0.4 is 0 Å². The molecular weight excluding hydrogens is 190 g/mol. The van der Waals surface area contributed by atoms with E-state index >= 15 is 0 Å². The highest BCUT2D eigenvalue weighted by Gasteiger charge is 2.46. The Bertz CT molecular complexity index is 267. The van der Waals surface area contributed by atoms with Gasteiger partial charge in [0.25, 0.3) is 0 Å². The van der Waals surface area contributed by atoms with Crippen molar-refractivity contribution in [1.82, 2.24) is 5.06 Å². The minimum absolute atomic E-state index is 0.351. The minimum atomic E-state index is -0.432. The highest BCUT2D eigenvalue weighted by Crippen LogP contribution is 2.38. The molecule has 88 valence electrons. The van der Waals surface area contributed by atoms with Gasteiger partial charge in [0.2, 0.25) is 0 Å². The lowest BCUT2D eigenvalue weighted by molar-refractivity contribution is -0.192. The van der Waals surface area contributed by atoms with Crippen LogP contribution in [0.15, 0.2) is 11.8 Å². The van der Waals surface area contributed by atoms with Crippen LogP contribution in [0.3, 0.4) is 0 Å². The number of hydrogen-bond acceptors (Lipinski definition) is 3. The molecule has 0 atom stereocenters. The van der Waals surface area contributed by atoms with Gasteiger partial charge >= 0.3 is 0 Å². The Morgan fingerprint density at radius 1 is 1.33 bits per heavy atom. The fourth-order valence-corrected chi connectivity index (χ4v) is 1.86. The number of nitrogens with zero attached hydrogens (tertiary/aromatic N) is 1. The highest BCUT2D eigenvalue weighted by atomic mass is 16.5. The van der Waals surface area contributed by atoms with Gasteiger partial charge < -0.3 is 9.94 Å². The molecule has 0 saturated heterocycles. The maximum absolute atomic E-state index is 10.0. The van der Waals surface area contributed by atoms with Crippen molar-refractivity contribution in [2.45, 2.75) is 52.6 Å². The molecule has 0 aromatic heterocycles. The third kappa shape index (κ3) is 2.34. The van der Waals surface area contributed by atoms with Gasteiger partial charge in [-0.3, -0.25) is 0 Å². The van der Waals surface area contributed by atoms with Crippen LogP contribution in [0.25, 0.3) is 0 Å². The van der Waals surface area contributed by atoms with Gasteiger partial charge in [0.15, 0.2) is 0 Å². The summed E-state index contributed by atoms with van der Waals surface area (Å²) >= 11 is 0. The molecule has 0 bridgehead atoms. The Morgan fingerprint density at radius 3 is 2.20 bits per heavy atom. The highest BCUT2D eigenvalue weighted by molar-refractivity contribution is 5.24.